The molecule has 1 aliphatic rings. The topological polar surface area (TPSA) is 65.7 Å². The molecule has 0 fully saturated rings. The van der Waals surface area contributed by atoms with Crippen molar-refractivity contribution in [3.8, 4) is 11.5 Å². The number of methoxy groups -OCH3 is 2. The Bertz CT molecular complexity index is 826. The minimum Gasteiger partial charge on any atom is -0.496 e. The quantitative estimate of drug-likeness (QED) is 0.691. The molecule has 0 saturated heterocycles. The molecule has 0 radical (unpaired) electrons. The molecule has 120 valence electrons. The van der Waals surface area contributed by atoms with Gasteiger partial charge in [-0.2, -0.15) is 0 Å². The Balaban J connectivity index is 2.35. The molecule has 6 heteroatoms. The zero-order valence-electron chi connectivity index (χ0n) is 13.8. The van der Waals surface area contributed by atoms with Crippen LogP contribution >= 0.6 is 0 Å². The molecule has 0 atom stereocenters. The van der Waals surface area contributed by atoms with E-state index in [1.165, 1.54) is 20.5 Å². The number of fused-ring (bicyclic) bond motifs is 2. The smallest absolute Gasteiger partial charge is 0.201 e. The Morgan fingerprint density at radius 1 is 0.870 bits per heavy atom. The minimum atomic E-state index is -1.91. The van der Waals surface area contributed by atoms with Crippen molar-refractivity contribution in [2.75, 3.05) is 14.2 Å². The van der Waals surface area contributed by atoms with E-state index in [0.29, 0.717) is 28.0 Å². The van der Waals surface area contributed by atoms with Crippen molar-refractivity contribution in [2.45, 2.75) is 19.6 Å². The molecule has 1 aromatic carbocycles. The average molecular weight is 330 g/mol. The summed E-state index contributed by atoms with van der Waals surface area (Å²) in [6.45, 7) is 6.21. The van der Waals surface area contributed by atoms with Gasteiger partial charge in [-0.25, -0.2) is 0 Å². The zero-order valence-corrected chi connectivity index (χ0v) is 14.8. The maximum Gasteiger partial charge on any atom is 0.201 e. The molecule has 0 unspecified atom stereocenters. The van der Waals surface area contributed by atoms with Crippen molar-refractivity contribution >= 4 is 25.0 Å². The van der Waals surface area contributed by atoms with E-state index in [2.05, 4.69) is 19.6 Å². The van der Waals surface area contributed by atoms with Crippen molar-refractivity contribution in [2.24, 2.45) is 0 Å². The molecule has 0 aliphatic heterocycles. The molecule has 0 bridgehead atoms. The highest BCUT2D eigenvalue weighted by Crippen LogP contribution is 2.38. The van der Waals surface area contributed by atoms with Crippen LogP contribution in [0, 0.1) is 0 Å². The highest BCUT2D eigenvalue weighted by Gasteiger charge is 2.41. The van der Waals surface area contributed by atoms with E-state index in [4.69, 9.17) is 13.9 Å². The van der Waals surface area contributed by atoms with Crippen molar-refractivity contribution in [3.05, 3.63) is 40.6 Å². The van der Waals surface area contributed by atoms with E-state index < -0.39 is 8.07 Å². The number of hydrogen-bond acceptors (Lipinski definition) is 5. The van der Waals surface area contributed by atoms with Crippen LogP contribution in [0.25, 0.3) is 0 Å². The Hall–Kier alpha value is -2.34. The van der Waals surface area contributed by atoms with E-state index >= 15 is 0 Å². The average Bonchev–Trinajstić information content (AvgIpc) is 2.96. The summed E-state index contributed by atoms with van der Waals surface area (Å²) >= 11 is 0. The molecular weight excluding hydrogens is 312 g/mol. The normalized spacial score (nSPS) is 13.6. The predicted octanol–water partition coefficient (Wildman–Crippen LogP) is 2.62. The van der Waals surface area contributed by atoms with E-state index in [0.717, 1.165) is 0 Å². The summed E-state index contributed by atoms with van der Waals surface area (Å²) in [5.41, 5.74) is 1.19. The lowest BCUT2D eigenvalue weighted by molar-refractivity contribution is 0.0975. The second-order valence-electron chi connectivity index (χ2n) is 6.48. The maximum absolute atomic E-state index is 13.1. The van der Waals surface area contributed by atoms with Gasteiger partial charge in [-0.05, 0) is 12.1 Å². The molecule has 1 aromatic heterocycles. The first kappa shape index (κ1) is 15.5. The first-order valence-corrected chi connectivity index (χ1v) is 10.8. The van der Waals surface area contributed by atoms with Gasteiger partial charge in [0.1, 0.15) is 25.8 Å². The van der Waals surface area contributed by atoms with Crippen LogP contribution in [0.3, 0.4) is 0 Å². The number of furan rings is 1. The first-order chi connectivity index (χ1) is 10.8. The van der Waals surface area contributed by atoms with Crippen LogP contribution in [0.4, 0.5) is 0 Å². The highest BCUT2D eigenvalue weighted by molar-refractivity contribution is 6.88. The number of ketones is 2. The number of carbonyl (C=O) groups is 2. The molecule has 2 aromatic rings. The predicted molar refractivity (Wildman–Crippen MR) is 88.1 cm³/mol. The monoisotopic (exact) mass is 330 g/mol. The molecule has 0 N–H and O–H groups in total. The van der Waals surface area contributed by atoms with Gasteiger partial charge in [-0.1, -0.05) is 19.6 Å². The van der Waals surface area contributed by atoms with Crippen molar-refractivity contribution < 1.29 is 23.5 Å². The maximum atomic E-state index is 13.1. The van der Waals surface area contributed by atoms with Gasteiger partial charge < -0.3 is 13.9 Å². The lowest BCUT2D eigenvalue weighted by atomic mass is 9.85. The number of rotatable bonds is 3. The van der Waals surface area contributed by atoms with Crippen molar-refractivity contribution in [3.63, 3.8) is 0 Å². The second-order valence-corrected chi connectivity index (χ2v) is 11.4. The molecular formula is C17H18O5Si. The van der Waals surface area contributed by atoms with Gasteiger partial charge in [0.2, 0.25) is 11.6 Å². The molecule has 0 saturated carbocycles. The van der Waals surface area contributed by atoms with Crippen LogP contribution in [0.5, 0.6) is 11.5 Å². The Kier molecular flexibility index (Phi) is 3.44. The molecule has 5 nitrogen and oxygen atoms in total. The molecule has 0 spiro atoms. The summed E-state index contributed by atoms with van der Waals surface area (Å²) in [4.78, 5) is 26.0. The summed E-state index contributed by atoms with van der Waals surface area (Å²) in [6, 6.07) is 3.27. The number of hydrogen-bond donors (Lipinski definition) is 0. The number of ether oxygens (including phenoxy) is 2. The van der Waals surface area contributed by atoms with E-state index in [1.54, 1.807) is 12.1 Å². The Morgan fingerprint density at radius 2 is 1.39 bits per heavy atom. The first-order valence-electron chi connectivity index (χ1n) is 7.27. The third-order valence-corrected chi connectivity index (χ3v) is 5.70. The lowest BCUT2D eigenvalue weighted by Crippen LogP contribution is -2.41. The largest absolute Gasteiger partial charge is 0.496 e. The van der Waals surface area contributed by atoms with Gasteiger partial charge >= 0.3 is 0 Å². The fraction of sp³-hybridized carbons (Fsp3) is 0.294. The second kappa shape index (κ2) is 5.09. The van der Waals surface area contributed by atoms with Gasteiger partial charge in [0.15, 0.2) is 0 Å². The SMILES string of the molecule is COc1ccc(OC)c2c1C(=O)c1coc([Si](C)(C)C)c1C2=O. The third-order valence-electron chi connectivity index (χ3n) is 3.97. The molecule has 3 rings (SSSR count). The molecule has 1 heterocycles. The van der Waals surface area contributed by atoms with Crippen LogP contribution in [-0.4, -0.2) is 33.9 Å². The summed E-state index contributed by atoms with van der Waals surface area (Å²) in [7, 11) is 1.03. The fourth-order valence-corrected chi connectivity index (χ4v) is 4.33. The van der Waals surface area contributed by atoms with E-state index in [1.807, 2.05) is 0 Å². The molecule has 0 amide bonds. The van der Waals surface area contributed by atoms with Gasteiger partial charge in [-0.15, -0.1) is 0 Å². The van der Waals surface area contributed by atoms with Gasteiger partial charge in [0.05, 0.1) is 41.9 Å². The zero-order chi connectivity index (χ0) is 16.9. The summed E-state index contributed by atoms with van der Waals surface area (Å²) in [6.07, 6.45) is 1.39. The van der Waals surface area contributed by atoms with Crippen LogP contribution in [-0.2, 0) is 0 Å². The van der Waals surface area contributed by atoms with Crippen LogP contribution < -0.4 is 14.9 Å². The van der Waals surface area contributed by atoms with Crippen LogP contribution in [0.1, 0.15) is 31.8 Å². The number of benzene rings is 1. The van der Waals surface area contributed by atoms with Gasteiger partial charge in [-0.3, -0.25) is 9.59 Å². The van der Waals surface area contributed by atoms with Crippen LogP contribution in [0.15, 0.2) is 22.8 Å². The Morgan fingerprint density at radius 3 is 1.87 bits per heavy atom. The summed E-state index contributed by atoms with van der Waals surface area (Å²) in [5, 5.41) is 0.640. The fourth-order valence-electron chi connectivity index (χ4n) is 2.92. The van der Waals surface area contributed by atoms with E-state index in [9.17, 15) is 9.59 Å². The highest BCUT2D eigenvalue weighted by atomic mass is 28.3. The Labute approximate surface area is 135 Å². The summed E-state index contributed by atoms with van der Waals surface area (Å²) in [5.74, 6) is 0.225. The van der Waals surface area contributed by atoms with Crippen LogP contribution in [0.2, 0.25) is 19.6 Å². The lowest BCUT2D eigenvalue weighted by Gasteiger charge is -2.21. The minimum absolute atomic E-state index is 0.239. The van der Waals surface area contributed by atoms with Crippen molar-refractivity contribution in [1.29, 1.82) is 0 Å². The van der Waals surface area contributed by atoms with Gasteiger partial charge in [0.25, 0.3) is 0 Å². The van der Waals surface area contributed by atoms with Gasteiger partial charge in [0, 0.05) is 0 Å². The summed E-state index contributed by atoms with van der Waals surface area (Å²) < 4.78 is 16.2. The molecule has 23 heavy (non-hydrogen) atoms. The number of carbonyl (C=O) groups excluding carboxylic acids is 2. The van der Waals surface area contributed by atoms with E-state index in [-0.39, 0.29) is 22.7 Å². The third kappa shape index (κ3) is 2.13. The standard InChI is InChI=1S/C17H18O5Si/c1-20-10-6-7-11(21-2)14-13(10)15(18)9-8-22-17(23(3,4)5)12(9)16(14)19/h6-8H,1-5H3. The molecule has 1 aliphatic carbocycles. The van der Waals surface area contributed by atoms with Crippen molar-refractivity contribution in [1.82, 2.24) is 0 Å².